The summed E-state index contributed by atoms with van der Waals surface area (Å²) < 4.78 is 10.2. The molecule has 0 radical (unpaired) electrons. The number of nitrogen functional groups attached to an aromatic ring is 1. The second-order valence-corrected chi connectivity index (χ2v) is 4.59. The van der Waals surface area contributed by atoms with Crippen molar-refractivity contribution in [3.8, 4) is 22.0 Å². The molecule has 3 aromatic heterocycles. The van der Waals surface area contributed by atoms with Crippen molar-refractivity contribution in [2.75, 3.05) is 5.73 Å². The highest BCUT2D eigenvalue weighted by Gasteiger charge is 2.23. The normalized spacial score (nSPS) is 10.7. The quantitative estimate of drug-likeness (QED) is 0.581. The lowest BCUT2D eigenvalue weighted by atomic mass is 10.2. The van der Waals surface area contributed by atoms with Gasteiger partial charge in [0.2, 0.25) is 5.76 Å². The third-order valence-electron chi connectivity index (χ3n) is 2.48. The molecule has 0 aliphatic rings. The van der Waals surface area contributed by atoms with Crippen LogP contribution in [0.5, 0.6) is 0 Å². The Kier molecular flexibility index (Phi) is 2.57. The molecule has 8 heteroatoms. The van der Waals surface area contributed by atoms with Gasteiger partial charge in [-0.2, -0.15) is 0 Å². The van der Waals surface area contributed by atoms with E-state index in [9.17, 15) is 10.1 Å². The van der Waals surface area contributed by atoms with Gasteiger partial charge in [0.05, 0.1) is 11.6 Å². The van der Waals surface area contributed by atoms with Crippen LogP contribution in [0.25, 0.3) is 22.0 Å². The highest BCUT2D eigenvalue weighted by atomic mass is 32.1. The van der Waals surface area contributed by atoms with E-state index in [0.29, 0.717) is 5.56 Å². The van der Waals surface area contributed by atoms with E-state index >= 15 is 0 Å². The first-order chi connectivity index (χ1) is 9.16. The van der Waals surface area contributed by atoms with Crippen molar-refractivity contribution in [2.45, 2.75) is 0 Å². The molecule has 0 saturated heterocycles. The van der Waals surface area contributed by atoms with Gasteiger partial charge >= 0.3 is 5.88 Å². The highest BCUT2D eigenvalue weighted by molar-refractivity contribution is 7.13. The minimum atomic E-state index is -0.617. The van der Waals surface area contributed by atoms with Crippen LogP contribution in [0.4, 0.5) is 11.7 Å². The zero-order chi connectivity index (χ0) is 13.4. The molecule has 0 aliphatic heterocycles. The molecule has 0 saturated carbocycles. The Balaban J connectivity index is 2.13. The number of anilines is 1. The first-order valence-electron chi connectivity index (χ1n) is 5.20. The van der Waals surface area contributed by atoms with Gasteiger partial charge in [-0.05, 0) is 17.5 Å². The molecule has 96 valence electrons. The molecule has 3 aromatic rings. The number of nitrogens with two attached hydrogens (primary N) is 1. The molecule has 0 aromatic carbocycles. The smallest absolute Gasteiger partial charge is 0.397 e. The van der Waals surface area contributed by atoms with Gasteiger partial charge in [0.15, 0.2) is 11.6 Å². The summed E-state index contributed by atoms with van der Waals surface area (Å²) in [7, 11) is 0. The van der Waals surface area contributed by atoms with Crippen LogP contribution < -0.4 is 5.73 Å². The van der Waals surface area contributed by atoms with Crippen molar-refractivity contribution in [3.05, 3.63) is 39.8 Å². The van der Waals surface area contributed by atoms with Crippen LogP contribution in [0, 0.1) is 10.1 Å². The molecule has 19 heavy (non-hydrogen) atoms. The van der Waals surface area contributed by atoms with E-state index in [-0.39, 0.29) is 23.2 Å². The van der Waals surface area contributed by atoms with Gasteiger partial charge in [0.1, 0.15) is 4.92 Å². The molecular weight excluding hydrogens is 270 g/mol. The fraction of sp³-hybridized carbons (Fsp3) is 0. The predicted molar refractivity (Wildman–Crippen MR) is 68.6 cm³/mol. The first kappa shape index (κ1) is 11.5. The molecule has 0 fully saturated rings. The maximum atomic E-state index is 10.6. The van der Waals surface area contributed by atoms with Crippen molar-refractivity contribution in [1.29, 1.82) is 0 Å². The summed E-state index contributed by atoms with van der Waals surface area (Å²) in [6, 6.07) is 6.43. The van der Waals surface area contributed by atoms with Crippen LogP contribution in [0.2, 0.25) is 0 Å². The van der Waals surface area contributed by atoms with E-state index in [1.807, 2.05) is 17.5 Å². The van der Waals surface area contributed by atoms with Crippen molar-refractivity contribution < 1.29 is 13.9 Å². The Morgan fingerprint density at radius 1 is 1.37 bits per heavy atom. The third-order valence-corrected chi connectivity index (χ3v) is 3.37. The van der Waals surface area contributed by atoms with Crippen LogP contribution in [-0.2, 0) is 0 Å². The van der Waals surface area contributed by atoms with Gasteiger partial charge in [-0.3, -0.25) is 10.1 Å². The average Bonchev–Trinajstić information content (AvgIpc) is 3.07. The summed E-state index contributed by atoms with van der Waals surface area (Å²) in [6.07, 6.45) is 0. The number of hydrogen-bond acceptors (Lipinski definition) is 7. The Morgan fingerprint density at radius 2 is 2.21 bits per heavy atom. The molecule has 0 unspecified atom stereocenters. The van der Waals surface area contributed by atoms with Gasteiger partial charge < -0.3 is 14.7 Å². The minimum Gasteiger partial charge on any atom is -0.397 e. The molecule has 0 amide bonds. The number of hydrogen-bond donors (Lipinski definition) is 1. The molecule has 3 heterocycles. The zero-order valence-corrected chi connectivity index (χ0v) is 10.2. The lowest BCUT2D eigenvalue weighted by Crippen LogP contribution is -1.86. The molecule has 0 aliphatic carbocycles. The van der Waals surface area contributed by atoms with E-state index < -0.39 is 4.92 Å². The van der Waals surface area contributed by atoms with Crippen LogP contribution in [0.3, 0.4) is 0 Å². The number of nitrogens with zero attached hydrogens (tertiary/aromatic N) is 2. The standard InChI is InChI=1S/C11H7N3O4S/c12-11-9(7-2-1-5-19-7)10(18-13-11)6-3-4-8(17-6)14(15)16/h1-5H,(H2,12,13). The number of furan rings is 1. The topological polar surface area (TPSA) is 108 Å². The van der Waals surface area contributed by atoms with E-state index in [1.165, 1.54) is 23.5 Å². The zero-order valence-electron chi connectivity index (χ0n) is 9.40. The number of rotatable bonds is 3. The Hall–Kier alpha value is -2.61. The summed E-state index contributed by atoms with van der Waals surface area (Å²) in [4.78, 5) is 10.8. The molecule has 2 N–H and O–H groups in total. The van der Waals surface area contributed by atoms with Gasteiger partial charge in [-0.25, -0.2) is 0 Å². The highest BCUT2D eigenvalue weighted by Crippen LogP contribution is 2.39. The van der Waals surface area contributed by atoms with E-state index in [0.717, 1.165) is 4.88 Å². The molecular formula is C11H7N3O4S. The monoisotopic (exact) mass is 277 g/mol. The summed E-state index contributed by atoms with van der Waals surface area (Å²) in [6.45, 7) is 0. The summed E-state index contributed by atoms with van der Waals surface area (Å²) in [5, 5.41) is 16.2. The predicted octanol–water partition coefficient (Wildman–Crippen LogP) is 3.15. The van der Waals surface area contributed by atoms with Gasteiger partial charge in [0.25, 0.3) is 0 Å². The van der Waals surface area contributed by atoms with Gasteiger partial charge in [0, 0.05) is 4.88 Å². The van der Waals surface area contributed by atoms with E-state index in [1.54, 1.807) is 0 Å². The second kappa shape index (κ2) is 4.25. The number of nitro groups is 1. The van der Waals surface area contributed by atoms with Crippen LogP contribution >= 0.6 is 11.3 Å². The fourth-order valence-corrected chi connectivity index (χ4v) is 2.45. The minimum absolute atomic E-state index is 0.219. The number of thiophene rings is 1. The van der Waals surface area contributed by atoms with Crippen LogP contribution in [0.15, 0.2) is 38.6 Å². The Bertz CT molecular complexity index is 729. The summed E-state index contributed by atoms with van der Waals surface area (Å²) in [5.41, 5.74) is 6.35. The van der Waals surface area contributed by atoms with Crippen molar-refractivity contribution in [1.82, 2.24) is 5.16 Å². The molecule has 0 spiro atoms. The Morgan fingerprint density at radius 3 is 2.84 bits per heavy atom. The van der Waals surface area contributed by atoms with Crippen LogP contribution in [-0.4, -0.2) is 10.1 Å². The lowest BCUT2D eigenvalue weighted by Gasteiger charge is -1.95. The van der Waals surface area contributed by atoms with Gasteiger partial charge in [-0.1, -0.05) is 11.2 Å². The first-order valence-corrected chi connectivity index (χ1v) is 6.08. The van der Waals surface area contributed by atoms with E-state index in [4.69, 9.17) is 14.7 Å². The fourth-order valence-electron chi connectivity index (χ4n) is 1.68. The molecule has 0 atom stereocenters. The summed E-state index contributed by atoms with van der Waals surface area (Å²) >= 11 is 1.46. The molecule has 7 nitrogen and oxygen atoms in total. The van der Waals surface area contributed by atoms with Crippen LogP contribution in [0.1, 0.15) is 0 Å². The SMILES string of the molecule is Nc1noc(-c2ccc([N+](=O)[O-])o2)c1-c1cccs1. The largest absolute Gasteiger partial charge is 0.433 e. The lowest BCUT2D eigenvalue weighted by molar-refractivity contribution is -0.401. The Labute approximate surface area is 110 Å². The third kappa shape index (κ3) is 1.87. The molecule has 3 rings (SSSR count). The molecule has 0 bridgehead atoms. The van der Waals surface area contributed by atoms with Crippen molar-refractivity contribution >= 4 is 23.0 Å². The second-order valence-electron chi connectivity index (χ2n) is 3.64. The maximum absolute atomic E-state index is 10.6. The average molecular weight is 277 g/mol. The maximum Gasteiger partial charge on any atom is 0.433 e. The van der Waals surface area contributed by atoms with Crippen molar-refractivity contribution in [3.63, 3.8) is 0 Å². The van der Waals surface area contributed by atoms with E-state index in [2.05, 4.69) is 5.16 Å². The van der Waals surface area contributed by atoms with Crippen molar-refractivity contribution in [2.24, 2.45) is 0 Å². The van der Waals surface area contributed by atoms with Gasteiger partial charge in [-0.15, -0.1) is 11.3 Å². The number of aromatic nitrogens is 1. The summed E-state index contributed by atoms with van der Waals surface area (Å²) in [5.74, 6) is 0.367.